The predicted octanol–water partition coefficient (Wildman–Crippen LogP) is 3.91. The molecule has 1 fully saturated rings. The van der Waals surface area contributed by atoms with Crippen LogP contribution in [0.4, 0.5) is 18.9 Å². The Labute approximate surface area is 151 Å². The first kappa shape index (κ1) is 18.3. The molecule has 138 valence electrons. The number of alkyl halides is 3. The van der Waals surface area contributed by atoms with Gasteiger partial charge in [0.15, 0.2) is 0 Å². The van der Waals surface area contributed by atoms with Gasteiger partial charge >= 0.3 is 6.18 Å². The molecule has 0 spiro atoms. The molecule has 0 aromatic heterocycles. The van der Waals surface area contributed by atoms with E-state index >= 15 is 0 Å². The van der Waals surface area contributed by atoms with E-state index in [1.807, 2.05) is 41.0 Å². The molecular formula is C20H21F3N2O. The predicted molar refractivity (Wildman–Crippen MR) is 95.1 cm³/mol. The fourth-order valence-electron chi connectivity index (χ4n) is 3.07. The molecule has 3 rings (SSSR count). The van der Waals surface area contributed by atoms with E-state index < -0.39 is 11.7 Å². The van der Waals surface area contributed by atoms with Gasteiger partial charge in [-0.2, -0.15) is 13.2 Å². The van der Waals surface area contributed by atoms with Crippen LogP contribution in [0.15, 0.2) is 48.5 Å². The molecule has 1 heterocycles. The van der Waals surface area contributed by atoms with Gasteiger partial charge in [-0.25, -0.2) is 0 Å². The SMILES string of the molecule is Cc1ccc(CC(=O)N2CCN(c3ccc(C(F)(F)F)cc3)CC2)cc1. The average molecular weight is 362 g/mol. The van der Waals surface area contributed by atoms with Gasteiger partial charge < -0.3 is 9.80 Å². The Balaban J connectivity index is 1.55. The first-order chi connectivity index (χ1) is 12.3. The van der Waals surface area contributed by atoms with Crippen LogP contribution in [0, 0.1) is 6.92 Å². The number of nitrogens with zero attached hydrogens (tertiary/aromatic N) is 2. The van der Waals surface area contributed by atoms with E-state index in [1.54, 1.807) is 0 Å². The van der Waals surface area contributed by atoms with Gasteiger partial charge in [-0.1, -0.05) is 29.8 Å². The zero-order valence-electron chi connectivity index (χ0n) is 14.6. The number of carbonyl (C=O) groups is 1. The number of amides is 1. The Bertz CT molecular complexity index is 746. The van der Waals surface area contributed by atoms with Gasteiger partial charge in [0.2, 0.25) is 5.91 Å². The van der Waals surface area contributed by atoms with Gasteiger partial charge in [-0.15, -0.1) is 0 Å². The summed E-state index contributed by atoms with van der Waals surface area (Å²) in [4.78, 5) is 16.3. The minimum Gasteiger partial charge on any atom is -0.368 e. The van der Waals surface area contributed by atoms with Crippen molar-refractivity contribution in [1.82, 2.24) is 4.90 Å². The number of hydrogen-bond acceptors (Lipinski definition) is 2. The molecular weight excluding hydrogens is 341 g/mol. The molecule has 0 radical (unpaired) electrons. The zero-order valence-corrected chi connectivity index (χ0v) is 14.6. The summed E-state index contributed by atoms with van der Waals surface area (Å²) in [5.74, 6) is 0.0842. The van der Waals surface area contributed by atoms with Crippen LogP contribution in [0.2, 0.25) is 0 Å². The highest BCUT2D eigenvalue weighted by Crippen LogP contribution is 2.30. The quantitative estimate of drug-likeness (QED) is 0.827. The second-order valence-electron chi connectivity index (χ2n) is 6.57. The Morgan fingerprint density at radius 2 is 1.50 bits per heavy atom. The lowest BCUT2D eigenvalue weighted by molar-refractivity contribution is -0.137. The number of piperazine rings is 1. The summed E-state index contributed by atoms with van der Waals surface area (Å²) in [6.07, 6.45) is -3.94. The minimum absolute atomic E-state index is 0.0842. The summed E-state index contributed by atoms with van der Waals surface area (Å²) in [5.41, 5.74) is 2.26. The van der Waals surface area contributed by atoms with E-state index in [-0.39, 0.29) is 5.91 Å². The van der Waals surface area contributed by atoms with Gasteiger partial charge in [-0.3, -0.25) is 4.79 Å². The maximum Gasteiger partial charge on any atom is 0.416 e. The summed E-state index contributed by atoms with van der Waals surface area (Å²) in [6, 6.07) is 13.1. The van der Waals surface area contributed by atoms with Crippen molar-refractivity contribution in [2.24, 2.45) is 0 Å². The molecule has 0 bridgehead atoms. The average Bonchev–Trinajstić information content (AvgIpc) is 2.63. The van der Waals surface area contributed by atoms with Crippen molar-refractivity contribution < 1.29 is 18.0 Å². The van der Waals surface area contributed by atoms with Crippen LogP contribution in [0.1, 0.15) is 16.7 Å². The molecule has 0 saturated carbocycles. The maximum atomic E-state index is 12.6. The van der Waals surface area contributed by atoms with Crippen molar-refractivity contribution in [1.29, 1.82) is 0 Å². The van der Waals surface area contributed by atoms with E-state index in [1.165, 1.54) is 12.1 Å². The molecule has 2 aromatic carbocycles. The molecule has 2 aromatic rings. The van der Waals surface area contributed by atoms with E-state index in [2.05, 4.69) is 0 Å². The Hall–Kier alpha value is -2.50. The summed E-state index contributed by atoms with van der Waals surface area (Å²) in [5, 5.41) is 0. The lowest BCUT2D eigenvalue weighted by Crippen LogP contribution is -2.49. The van der Waals surface area contributed by atoms with Gasteiger partial charge in [0.25, 0.3) is 0 Å². The number of aryl methyl sites for hydroxylation is 1. The van der Waals surface area contributed by atoms with E-state index in [0.717, 1.165) is 28.9 Å². The van der Waals surface area contributed by atoms with Crippen molar-refractivity contribution in [3.8, 4) is 0 Å². The zero-order chi connectivity index (χ0) is 18.7. The fourth-order valence-corrected chi connectivity index (χ4v) is 3.07. The minimum atomic E-state index is -4.32. The monoisotopic (exact) mass is 362 g/mol. The largest absolute Gasteiger partial charge is 0.416 e. The first-order valence-corrected chi connectivity index (χ1v) is 8.58. The Morgan fingerprint density at radius 3 is 2.04 bits per heavy atom. The van der Waals surface area contributed by atoms with Crippen molar-refractivity contribution in [3.63, 3.8) is 0 Å². The molecule has 0 unspecified atom stereocenters. The highest BCUT2D eigenvalue weighted by molar-refractivity contribution is 5.79. The van der Waals surface area contributed by atoms with Crippen LogP contribution in [0.5, 0.6) is 0 Å². The summed E-state index contributed by atoms with van der Waals surface area (Å²) in [6.45, 7) is 4.39. The van der Waals surface area contributed by atoms with Crippen molar-refractivity contribution in [2.75, 3.05) is 31.1 Å². The van der Waals surface area contributed by atoms with Gasteiger partial charge in [0.05, 0.1) is 12.0 Å². The molecule has 0 aliphatic carbocycles. The number of benzene rings is 2. The number of rotatable bonds is 3. The van der Waals surface area contributed by atoms with E-state index in [0.29, 0.717) is 32.6 Å². The molecule has 1 aliphatic heterocycles. The summed E-state index contributed by atoms with van der Waals surface area (Å²) >= 11 is 0. The first-order valence-electron chi connectivity index (χ1n) is 8.58. The molecule has 6 heteroatoms. The van der Waals surface area contributed by atoms with Crippen LogP contribution in [-0.4, -0.2) is 37.0 Å². The number of anilines is 1. The van der Waals surface area contributed by atoms with Crippen LogP contribution < -0.4 is 4.90 Å². The normalized spacial score (nSPS) is 15.2. The second-order valence-corrected chi connectivity index (χ2v) is 6.57. The molecule has 26 heavy (non-hydrogen) atoms. The highest BCUT2D eigenvalue weighted by Gasteiger charge is 2.30. The fraction of sp³-hybridized carbons (Fsp3) is 0.350. The molecule has 1 amide bonds. The van der Waals surface area contributed by atoms with Crippen molar-refractivity contribution in [2.45, 2.75) is 19.5 Å². The van der Waals surface area contributed by atoms with Gasteiger partial charge in [0.1, 0.15) is 0 Å². The molecule has 0 atom stereocenters. The smallest absolute Gasteiger partial charge is 0.368 e. The highest BCUT2D eigenvalue weighted by atomic mass is 19.4. The van der Waals surface area contributed by atoms with Crippen LogP contribution in [0.25, 0.3) is 0 Å². The molecule has 1 aliphatic rings. The summed E-state index contributed by atoms with van der Waals surface area (Å²) < 4.78 is 37.9. The third-order valence-electron chi connectivity index (χ3n) is 4.67. The molecule has 1 saturated heterocycles. The molecule has 0 N–H and O–H groups in total. The molecule has 3 nitrogen and oxygen atoms in total. The Kier molecular flexibility index (Phi) is 5.20. The lowest BCUT2D eigenvalue weighted by atomic mass is 10.1. The lowest BCUT2D eigenvalue weighted by Gasteiger charge is -2.36. The third-order valence-corrected chi connectivity index (χ3v) is 4.67. The van der Waals surface area contributed by atoms with Crippen LogP contribution in [-0.2, 0) is 17.4 Å². The summed E-state index contributed by atoms with van der Waals surface area (Å²) in [7, 11) is 0. The van der Waals surface area contributed by atoms with Crippen molar-refractivity contribution >= 4 is 11.6 Å². The number of hydrogen-bond donors (Lipinski definition) is 0. The van der Waals surface area contributed by atoms with Crippen LogP contribution >= 0.6 is 0 Å². The van der Waals surface area contributed by atoms with Crippen LogP contribution in [0.3, 0.4) is 0 Å². The topological polar surface area (TPSA) is 23.6 Å². The Morgan fingerprint density at radius 1 is 0.923 bits per heavy atom. The van der Waals surface area contributed by atoms with Gasteiger partial charge in [-0.05, 0) is 36.8 Å². The van der Waals surface area contributed by atoms with E-state index in [9.17, 15) is 18.0 Å². The maximum absolute atomic E-state index is 12.6. The second kappa shape index (κ2) is 7.40. The van der Waals surface area contributed by atoms with Gasteiger partial charge in [0, 0.05) is 31.9 Å². The van der Waals surface area contributed by atoms with E-state index in [4.69, 9.17) is 0 Å². The number of carbonyl (C=O) groups excluding carboxylic acids is 1. The third kappa shape index (κ3) is 4.36. The standard InChI is InChI=1S/C20H21F3N2O/c1-15-2-4-16(5-3-15)14-19(26)25-12-10-24(11-13-25)18-8-6-17(7-9-18)20(21,22)23/h2-9H,10-14H2,1H3. The number of halogens is 3. The van der Waals surface area contributed by atoms with Crippen molar-refractivity contribution in [3.05, 3.63) is 65.2 Å².